The summed E-state index contributed by atoms with van der Waals surface area (Å²) in [7, 11) is 1.70. The van der Waals surface area contributed by atoms with E-state index in [0.717, 1.165) is 17.4 Å². The van der Waals surface area contributed by atoms with Gasteiger partial charge in [0, 0.05) is 18.9 Å². The Morgan fingerprint density at radius 2 is 1.96 bits per heavy atom. The lowest BCUT2D eigenvalue weighted by Crippen LogP contribution is -2.18. The van der Waals surface area contributed by atoms with Crippen LogP contribution in [0.25, 0.3) is 0 Å². The van der Waals surface area contributed by atoms with Gasteiger partial charge in [-0.1, -0.05) is 26.0 Å². The van der Waals surface area contributed by atoms with E-state index in [2.05, 4.69) is 9.97 Å². The Hall–Kier alpha value is -2.31. The van der Waals surface area contributed by atoms with Crippen LogP contribution in [-0.2, 0) is 6.18 Å². The number of nitrogens with zero attached hydrogens (tertiary/aromatic N) is 3. The summed E-state index contributed by atoms with van der Waals surface area (Å²) in [4.78, 5) is 9.46. The summed E-state index contributed by atoms with van der Waals surface area (Å²) < 4.78 is 44.6. The highest BCUT2D eigenvalue weighted by Gasteiger charge is 2.36. The van der Waals surface area contributed by atoms with Gasteiger partial charge in [-0.05, 0) is 30.5 Å². The normalized spacial score (nSPS) is 11.7. The molecule has 0 N–H and O–H groups in total. The molecule has 24 heavy (non-hydrogen) atoms. The number of aromatic nitrogens is 2. The molecule has 0 aliphatic rings. The first-order chi connectivity index (χ1) is 11.2. The largest absolute Gasteiger partial charge is 0.477 e. The molecular formula is C17H20F3N3O. The van der Waals surface area contributed by atoms with E-state index in [1.807, 2.05) is 45.0 Å². The molecule has 0 fully saturated rings. The van der Waals surface area contributed by atoms with Gasteiger partial charge in [-0.2, -0.15) is 18.2 Å². The Morgan fingerprint density at radius 3 is 2.54 bits per heavy atom. The zero-order valence-electron chi connectivity index (χ0n) is 14.1. The minimum Gasteiger partial charge on any atom is -0.477 e. The van der Waals surface area contributed by atoms with Gasteiger partial charge in [0.1, 0.15) is 5.56 Å². The second kappa shape index (κ2) is 7.07. The van der Waals surface area contributed by atoms with Crippen LogP contribution in [0.3, 0.4) is 0 Å². The molecule has 1 aromatic carbocycles. The van der Waals surface area contributed by atoms with Gasteiger partial charge in [-0.15, -0.1) is 0 Å². The second-order valence-electron chi connectivity index (χ2n) is 5.99. The first-order valence-electron chi connectivity index (χ1n) is 7.56. The first-order valence-corrected chi connectivity index (χ1v) is 7.56. The molecule has 0 aliphatic heterocycles. The summed E-state index contributed by atoms with van der Waals surface area (Å²) in [6, 6.07) is 7.53. The van der Waals surface area contributed by atoms with Crippen molar-refractivity contribution >= 4 is 11.6 Å². The van der Waals surface area contributed by atoms with Crippen molar-refractivity contribution < 1.29 is 17.9 Å². The van der Waals surface area contributed by atoms with Crippen LogP contribution in [0.1, 0.15) is 25.0 Å². The highest BCUT2D eigenvalue weighted by molar-refractivity contribution is 5.57. The lowest BCUT2D eigenvalue weighted by Gasteiger charge is -2.20. The van der Waals surface area contributed by atoms with E-state index in [0.29, 0.717) is 0 Å². The van der Waals surface area contributed by atoms with Crippen LogP contribution < -0.4 is 9.64 Å². The Kier molecular flexibility index (Phi) is 5.31. The van der Waals surface area contributed by atoms with Crippen molar-refractivity contribution in [2.45, 2.75) is 26.9 Å². The van der Waals surface area contributed by atoms with Gasteiger partial charge in [0.15, 0.2) is 0 Å². The molecule has 0 bridgehead atoms. The van der Waals surface area contributed by atoms with Gasteiger partial charge in [0.25, 0.3) is 0 Å². The number of ether oxygens (including phenoxy) is 1. The maximum absolute atomic E-state index is 13.1. The molecule has 0 amide bonds. The van der Waals surface area contributed by atoms with Gasteiger partial charge in [-0.25, -0.2) is 4.98 Å². The fourth-order valence-corrected chi connectivity index (χ4v) is 2.02. The average Bonchev–Trinajstić information content (AvgIpc) is 2.51. The third kappa shape index (κ3) is 4.37. The van der Waals surface area contributed by atoms with Gasteiger partial charge in [-0.3, -0.25) is 0 Å². The highest BCUT2D eigenvalue weighted by Crippen LogP contribution is 2.36. The quantitative estimate of drug-likeness (QED) is 0.797. The molecule has 130 valence electrons. The van der Waals surface area contributed by atoms with E-state index < -0.39 is 17.6 Å². The second-order valence-corrected chi connectivity index (χ2v) is 5.99. The zero-order valence-corrected chi connectivity index (χ0v) is 14.1. The van der Waals surface area contributed by atoms with Crippen molar-refractivity contribution in [3.63, 3.8) is 0 Å². The summed E-state index contributed by atoms with van der Waals surface area (Å²) in [5.41, 5.74) is 0.844. The summed E-state index contributed by atoms with van der Waals surface area (Å²) >= 11 is 0. The monoisotopic (exact) mass is 339 g/mol. The number of benzene rings is 1. The van der Waals surface area contributed by atoms with E-state index in [-0.39, 0.29) is 18.5 Å². The lowest BCUT2D eigenvalue weighted by atomic mass is 10.2. The van der Waals surface area contributed by atoms with Crippen molar-refractivity contribution in [1.82, 2.24) is 9.97 Å². The Bertz CT molecular complexity index is 702. The van der Waals surface area contributed by atoms with Crippen molar-refractivity contribution in [1.29, 1.82) is 0 Å². The molecule has 2 rings (SSSR count). The minimum atomic E-state index is -4.56. The molecule has 1 heterocycles. The van der Waals surface area contributed by atoms with E-state index in [4.69, 9.17) is 4.74 Å². The molecule has 0 atom stereocenters. The van der Waals surface area contributed by atoms with E-state index in [1.54, 1.807) is 11.9 Å². The van der Waals surface area contributed by atoms with Crippen LogP contribution in [-0.4, -0.2) is 23.6 Å². The van der Waals surface area contributed by atoms with Crippen molar-refractivity contribution in [2.75, 3.05) is 18.6 Å². The molecular weight excluding hydrogens is 319 g/mol. The number of halogens is 3. The fourth-order valence-electron chi connectivity index (χ4n) is 2.02. The van der Waals surface area contributed by atoms with Gasteiger partial charge in [0.2, 0.25) is 11.8 Å². The third-order valence-corrected chi connectivity index (χ3v) is 3.29. The fraction of sp³-hybridized carbons (Fsp3) is 0.412. The molecule has 0 aliphatic carbocycles. The molecule has 0 saturated carbocycles. The molecule has 4 nitrogen and oxygen atoms in total. The molecule has 0 unspecified atom stereocenters. The van der Waals surface area contributed by atoms with E-state index >= 15 is 0 Å². The van der Waals surface area contributed by atoms with Crippen LogP contribution in [0.5, 0.6) is 5.88 Å². The maximum Gasteiger partial charge on any atom is 0.423 e. The Balaban J connectivity index is 2.39. The van der Waals surface area contributed by atoms with Crippen LogP contribution in [0.2, 0.25) is 0 Å². The first kappa shape index (κ1) is 18.0. The molecule has 0 saturated heterocycles. The molecule has 1 aromatic heterocycles. The Morgan fingerprint density at radius 1 is 1.25 bits per heavy atom. The number of rotatable bonds is 5. The van der Waals surface area contributed by atoms with Gasteiger partial charge in [0.05, 0.1) is 6.61 Å². The lowest BCUT2D eigenvalue weighted by molar-refractivity contribution is -0.139. The highest BCUT2D eigenvalue weighted by atomic mass is 19.4. The van der Waals surface area contributed by atoms with Crippen LogP contribution in [0, 0.1) is 12.8 Å². The number of hydrogen-bond donors (Lipinski definition) is 0. The van der Waals surface area contributed by atoms with Crippen molar-refractivity contribution in [3.05, 3.63) is 41.6 Å². The predicted octanol–water partition coefficient (Wildman–Crippen LogP) is 4.61. The maximum atomic E-state index is 13.1. The predicted molar refractivity (Wildman–Crippen MR) is 86.6 cm³/mol. The minimum absolute atomic E-state index is 0.0824. The number of anilines is 2. The summed E-state index contributed by atoms with van der Waals surface area (Å²) in [5, 5.41) is 0. The van der Waals surface area contributed by atoms with Crippen molar-refractivity contribution in [3.8, 4) is 5.88 Å². The SMILES string of the molecule is Cc1cccc(N(C)c2ncc(C(F)(F)F)c(OCC(C)C)n2)c1. The summed E-state index contributed by atoms with van der Waals surface area (Å²) in [6.07, 6.45) is -3.79. The smallest absolute Gasteiger partial charge is 0.423 e. The van der Waals surface area contributed by atoms with E-state index in [9.17, 15) is 13.2 Å². The average molecular weight is 339 g/mol. The number of hydrogen-bond acceptors (Lipinski definition) is 4. The van der Waals surface area contributed by atoms with Crippen LogP contribution >= 0.6 is 0 Å². The molecule has 7 heteroatoms. The Labute approximate surface area is 139 Å². The number of alkyl halides is 3. The van der Waals surface area contributed by atoms with Crippen LogP contribution in [0.4, 0.5) is 24.8 Å². The standard InChI is InChI=1S/C17H20F3N3O/c1-11(2)10-24-15-14(17(18,19)20)9-21-16(22-15)23(4)13-7-5-6-12(3)8-13/h5-9,11H,10H2,1-4H3. The van der Waals surface area contributed by atoms with Gasteiger partial charge >= 0.3 is 6.18 Å². The zero-order chi connectivity index (χ0) is 17.9. The topological polar surface area (TPSA) is 38.2 Å². The summed E-state index contributed by atoms with van der Waals surface area (Å²) in [6.45, 7) is 5.79. The van der Waals surface area contributed by atoms with E-state index in [1.165, 1.54) is 0 Å². The molecule has 2 aromatic rings. The van der Waals surface area contributed by atoms with Gasteiger partial charge < -0.3 is 9.64 Å². The van der Waals surface area contributed by atoms with Crippen LogP contribution in [0.15, 0.2) is 30.5 Å². The number of aryl methyl sites for hydroxylation is 1. The third-order valence-electron chi connectivity index (χ3n) is 3.29. The van der Waals surface area contributed by atoms with Crippen molar-refractivity contribution in [2.24, 2.45) is 5.92 Å². The summed E-state index contributed by atoms with van der Waals surface area (Å²) in [5.74, 6) is -0.216. The molecule has 0 spiro atoms. The molecule has 0 radical (unpaired) electrons.